The summed E-state index contributed by atoms with van der Waals surface area (Å²) in [5.74, 6) is 1.05. The van der Waals surface area contributed by atoms with Crippen molar-refractivity contribution < 1.29 is 14.7 Å². The first-order valence-electron chi connectivity index (χ1n) is 5.38. The Bertz CT molecular complexity index is 451. The van der Waals surface area contributed by atoms with Gasteiger partial charge in [-0.2, -0.15) is 0 Å². The van der Waals surface area contributed by atoms with E-state index in [2.05, 4.69) is 16.6 Å². The van der Waals surface area contributed by atoms with E-state index < -0.39 is 18.0 Å². The van der Waals surface area contributed by atoms with E-state index in [1.807, 2.05) is 30.3 Å². The topological polar surface area (TPSA) is 78.4 Å². The fourth-order valence-electron chi connectivity index (χ4n) is 1.31. The number of urea groups is 1. The molecule has 0 radical (unpaired) electrons. The normalized spacial score (nSPS) is 11.1. The van der Waals surface area contributed by atoms with E-state index in [0.717, 1.165) is 5.56 Å². The summed E-state index contributed by atoms with van der Waals surface area (Å²) in [7, 11) is 0. The molecule has 5 nitrogen and oxygen atoms in total. The zero-order valence-corrected chi connectivity index (χ0v) is 9.72. The molecule has 0 aromatic heterocycles. The Labute approximate surface area is 105 Å². The van der Waals surface area contributed by atoms with Gasteiger partial charge in [-0.1, -0.05) is 30.3 Å². The van der Waals surface area contributed by atoms with Gasteiger partial charge in [0.1, 0.15) is 6.04 Å². The largest absolute Gasteiger partial charge is 0.480 e. The first-order valence-corrected chi connectivity index (χ1v) is 5.38. The van der Waals surface area contributed by atoms with Gasteiger partial charge in [0.05, 0.1) is 0 Å². The highest BCUT2D eigenvalue weighted by atomic mass is 16.4. The first-order chi connectivity index (χ1) is 8.63. The molecule has 94 valence electrons. The van der Waals surface area contributed by atoms with E-state index in [9.17, 15) is 9.59 Å². The lowest BCUT2D eigenvalue weighted by atomic mass is 10.2. The minimum Gasteiger partial charge on any atom is -0.480 e. The fraction of sp³-hybridized carbons (Fsp3) is 0.231. The van der Waals surface area contributed by atoms with E-state index in [0.29, 0.717) is 6.54 Å². The maximum absolute atomic E-state index is 11.5. The third kappa shape index (κ3) is 4.58. The average Bonchev–Trinajstić information content (AvgIpc) is 2.37. The lowest BCUT2D eigenvalue weighted by Gasteiger charge is -2.12. The molecule has 1 aromatic rings. The van der Waals surface area contributed by atoms with Crippen LogP contribution < -0.4 is 10.6 Å². The lowest BCUT2D eigenvalue weighted by molar-refractivity contribution is -0.139. The number of carbonyl (C=O) groups excluding carboxylic acids is 1. The Kier molecular flexibility index (Phi) is 5.26. The van der Waals surface area contributed by atoms with Gasteiger partial charge in [0.25, 0.3) is 0 Å². The summed E-state index contributed by atoms with van der Waals surface area (Å²) in [5, 5.41) is 13.7. The summed E-state index contributed by atoms with van der Waals surface area (Å²) < 4.78 is 0. The number of carboxylic acid groups (broad SMARTS) is 1. The molecule has 0 saturated carbocycles. The third-order valence-electron chi connectivity index (χ3n) is 2.22. The molecule has 18 heavy (non-hydrogen) atoms. The number of hydrogen-bond donors (Lipinski definition) is 3. The molecule has 0 saturated heterocycles. The minimum absolute atomic E-state index is 0.0475. The number of hydrogen-bond acceptors (Lipinski definition) is 2. The molecule has 1 atom stereocenters. The molecule has 5 heteroatoms. The quantitative estimate of drug-likeness (QED) is 0.677. The predicted molar refractivity (Wildman–Crippen MR) is 66.7 cm³/mol. The summed E-state index contributed by atoms with van der Waals surface area (Å²) in [5.41, 5.74) is 0.927. The molecule has 0 bridgehead atoms. The van der Waals surface area contributed by atoms with Crippen LogP contribution >= 0.6 is 0 Å². The van der Waals surface area contributed by atoms with Crippen LogP contribution in [0.5, 0.6) is 0 Å². The van der Waals surface area contributed by atoms with Gasteiger partial charge >= 0.3 is 12.0 Å². The van der Waals surface area contributed by atoms with Crippen LogP contribution in [0.15, 0.2) is 30.3 Å². The second-order valence-corrected chi connectivity index (χ2v) is 3.61. The molecular weight excluding hydrogens is 232 g/mol. The van der Waals surface area contributed by atoms with Gasteiger partial charge in [0.15, 0.2) is 0 Å². The number of carbonyl (C=O) groups is 2. The molecule has 0 heterocycles. The smallest absolute Gasteiger partial charge is 0.327 e. The van der Waals surface area contributed by atoms with Crippen LogP contribution in [-0.4, -0.2) is 23.1 Å². The van der Waals surface area contributed by atoms with Gasteiger partial charge in [0.2, 0.25) is 0 Å². The zero-order chi connectivity index (χ0) is 13.4. The van der Waals surface area contributed by atoms with Crippen LogP contribution in [-0.2, 0) is 11.3 Å². The van der Waals surface area contributed by atoms with Gasteiger partial charge < -0.3 is 15.7 Å². The number of amides is 2. The van der Waals surface area contributed by atoms with Crippen molar-refractivity contribution in [1.82, 2.24) is 10.6 Å². The van der Waals surface area contributed by atoms with Crippen LogP contribution in [0.4, 0.5) is 4.79 Å². The highest BCUT2D eigenvalue weighted by Gasteiger charge is 2.18. The van der Waals surface area contributed by atoms with Crippen molar-refractivity contribution in [3.05, 3.63) is 35.9 Å². The summed E-state index contributed by atoms with van der Waals surface area (Å²) >= 11 is 0. The van der Waals surface area contributed by atoms with Gasteiger partial charge in [-0.05, 0) is 5.56 Å². The van der Waals surface area contributed by atoms with E-state index in [1.165, 1.54) is 0 Å². The fourth-order valence-corrected chi connectivity index (χ4v) is 1.31. The van der Waals surface area contributed by atoms with Crippen LogP contribution in [0.3, 0.4) is 0 Å². The summed E-state index contributed by atoms with van der Waals surface area (Å²) in [6, 6.07) is 7.68. The molecule has 0 aliphatic carbocycles. The number of aliphatic carboxylic acids is 1. The van der Waals surface area contributed by atoms with Crippen LogP contribution in [0.1, 0.15) is 12.0 Å². The molecule has 1 rings (SSSR count). The Morgan fingerprint density at radius 2 is 2.00 bits per heavy atom. The summed E-state index contributed by atoms with van der Waals surface area (Å²) in [6.45, 7) is 0.328. The highest BCUT2D eigenvalue weighted by molar-refractivity contribution is 5.82. The van der Waals surface area contributed by atoms with Crippen molar-refractivity contribution in [2.45, 2.75) is 19.0 Å². The summed E-state index contributed by atoms with van der Waals surface area (Å²) in [4.78, 5) is 22.2. The Hall–Kier alpha value is -2.48. The molecule has 0 fully saturated rings. The standard InChI is InChI=1S/C13H14N2O3/c1-2-6-11(12(16)17)15-13(18)14-9-10-7-4-3-5-8-10/h1,3-5,7-8,11H,6,9H2,(H,16,17)(H2,14,15,18). The molecule has 0 spiro atoms. The number of carboxylic acids is 1. The maximum atomic E-state index is 11.5. The molecule has 1 unspecified atom stereocenters. The lowest BCUT2D eigenvalue weighted by Crippen LogP contribution is -2.45. The van der Waals surface area contributed by atoms with E-state index in [4.69, 9.17) is 11.5 Å². The SMILES string of the molecule is C#CCC(NC(=O)NCc1ccccc1)C(=O)O. The van der Waals surface area contributed by atoms with Crippen molar-refractivity contribution >= 4 is 12.0 Å². The molecule has 0 aliphatic rings. The number of nitrogens with one attached hydrogen (secondary N) is 2. The number of benzene rings is 1. The van der Waals surface area contributed by atoms with Crippen molar-refractivity contribution in [3.63, 3.8) is 0 Å². The predicted octanol–water partition coefficient (Wildman–Crippen LogP) is 0.962. The van der Waals surface area contributed by atoms with Gasteiger partial charge in [0, 0.05) is 13.0 Å². The van der Waals surface area contributed by atoms with Crippen LogP contribution in [0.25, 0.3) is 0 Å². The molecule has 3 N–H and O–H groups in total. The van der Waals surface area contributed by atoms with Crippen molar-refractivity contribution in [1.29, 1.82) is 0 Å². The number of rotatable bonds is 5. The van der Waals surface area contributed by atoms with Crippen molar-refractivity contribution in [2.75, 3.05) is 0 Å². The van der Waals surface area contributed by atoms with Crippen LogP contribution in [0, 0.1) is 12.3 Å². The summed E-state index contributed by atoms with van der Waals surface area (Å²) in [6.07, 6.45) is 4.98. The van der Waals surface area contributed by atoms with E-state index in [-0.39, 0.29) is 6.42 Å². The minimum atomic E-state index is -1.15. The van der Waals surface area contributed by atoms with Gasteiger partial charge in [-0.15, -0.1) is 12.3 Å². The van der Waals surface area contributed by atoms with Crippen molar-refractivity contribution in [2.24, 2.45) is 0 Å². The Morgan fingerprint density at radius 3 is 2.56 bits per heavy atom. The van der Waals surface area contributed by atoms with E-state index >= 15 is 0 Å². The monoisotopic (exact) mass is 246 g/mol. The number of terminal acetylenes is 1. The Balaban J connectivity index is 2.42. The van der Waals surface area contributed by atoms with Gasteiger partial charge in [-0.3, -0.25) is 0 Å². The van der Waals surface area contributed by atoms with E-state index in [1.54, 1.807) is 0 Å². The third-order valence-corrected chi connectivity index (χ3v) is 2.22. The Morgan fingerprint density at radius 1 is 1.33 bits per heavy atom. The second kappa shape index (κ2) is 6.97. The molecular formula is C13H14N2O3. The maximum Gasteiger partial charge on any atom is 0.327 e. The highest BCUT2D eigenvalue weighted by Crippen LogP contribution is 1.97. The van der Waals surface area contributed by atoms with Crippen molar-refractivity contribution in [3.8, 4) is 12.3 Å². The molecule has 2 amide bonds. The first kappa shape index (κ1) is 13.6. The zero-order valence-electron chi connectivity index (χ0n) is 9.72. The average molecular weight is 246 g/mol. The second-order valence-electron chi connectivity index (χ2n) is 3.61. The van der Waals surface area contributed by atoms with Gasteiger partial charge in [-0.25, -0.2) is 9.59 Å². The molecule has 0 aliphatic heterocycles. The van der Waals surface area contributed by atoms with Crippen LogP contribution in [0.2, 0.25) is 0 Å². The molecule has 1 aromatic carbocycles.